The summed E-state index contributed by atoms with van der Waals surface area (Å²) in [5, 5.41) is 23.5. The molecule has 3 nitrogen and oxygen atoms in total. The van der Waals surface area contributed by atoms with E-state index in [1.165, 1.54) is 22.8 Å². The van der Waals surface area contributed by atoms with Gasteiger partial charge in [0.15, 0.2) is 0 Å². The van der Waals surface area contributed by atoms with E-state index in [0.717, 1.165) is 30.5 Å². The fraction of sp³-hybridized carbons (Fsp3) is 0.182. The van der Waals surface area contributed by atoms with E-state index in [0.29, 0.717) is 0 Å². The molecule has 0 radical (unpaired) electrons. The number of rotatable bonds is 3. The zero-order chi connectivity index (χ0) is 17.2. The zero-order valence-corrected chi connectivity index (χ0v) is 13.9. The highest BCUT2D eigenvalue weighted by Crippen LogP contribution is 2.36. The molecule has 0 spiro atoms. The predicted octanol–water partition coefficient (Wildman–Crippen LogP) is 4.19. The SMILES string of the molecule is Oc1cc(O)c2c(c1)CCNC2Cc1ccc(-c2ccccc2)cc1. The summed E-state index contributed by atoms with van der Waals surface area (Å²) in [6.07, 6.45) is 1.63. The molecule has 3 N–H and O–H groups in total. The van der Waals surface area contributed by atoms with E-state index in [1.54, 1.807) is 6.07 Å². The summed E-state index contributed by atoms with van der Waals surface area (Å²) in [4.78, 5) is 0. The number of phenolic OH excluding ortho intramolecular Hbond substituents is 2. The van der Waals surface area contributed by atoms with Gasteiger partial charge in [0.1, 0.15) is 11.5 Å². The normalized spacial score (nSPS) is 16.4. The lowest BCUT2D eigenvalue weighted by atomic mass is 9.89. The molecule has 25 heavy (non-hydrogen) atoms. The molecule has 0 bridgehead atoms. The van der Waals surface area contributed by atoms with Crippen molar-refractivity contribution in [1.82, 2.24) is 5.32 Å². The predicted molar refractivity (Wildman–Crippen MR) is 99.8 cm³/mol. The molecular weight excluding hydrogens is 310 g/mol. The zero-order valence-electron chi connectivity index (χ0n) is 13.9. The van der Waals surface area contributed by atoms with Crippen molar-refractivity contribution >= 4 is 0 Å². The van der Waals surface area contributed by atoms with Gasteiger partial charge >= 0.3 is 0 Å². The van der Waals surface area contributed by atoms with Crippen LogP contribution < -0.4 is 5.32 Å². The Labute approximate surface area is 147 Å². The molecule has 1 unspecified atom stereocenters. The number of hydrogen-bond donors (Lipinski definition) is 3. The molecule has 0 fully saturated rings. The molecule has 1 heterocycles. The van der Waals surface area contributed by atoms with E-state index in [-0.39, 0.29) is 17.5 Å². The van der Waals surface area contributed by atoms with Gasteiger partial charge in [0.25, 0.3) is 0 Å². The lowest BCUT2D eigenvalue weighted by molar-refractivity contribution is 0.418. The summed E-state index contributed by atoms with van der Waals surface area (Å²) < 4.78 is 0. The maximum atomic E-state index is 10.3. The molecule has 0 aliphatic carbocycles. The summed E-state index contributed by atoms with van der Waals surface area (Å²) in [5.41, 5.74) is 5.58. The minimum absolute atomic E-state index is 0.0620. The summed E-state index contributed by atoms with van der Waals surface area (Å²) in [6, 6.07) is 22.2. The third kappa shape index (κ3) is 3.24. The first-order valence-corrected chi connectivity index (χ1v) is 8.63. The summed E-state index contributed by atoms with van der Waals surface area (Å²) >= 11 is 0. The second-order valence-corrected chi connectivity index (χ2v) is 6.56. The van der Waals surface area contributed by atoms with Crippen LogP contribution in [0.15, 0.2) is 66.7 Å². The van der Waals surface area contributed by atoms with Crippen LogP contribution in [0.4, 0.5) is 0 Å². The van der Waals surface area contributed by atoms with Crippen molar-refractivity contribution in [3.8, 4) is 22.6 Å². The average molecular weight is 331 g/mol. The number of phenols is 2. The second kappa shape index (κ2) is 6.61. The van der Waals surface area contributed by atoms with Crippen LogP contribution in [-0.4, -0.2) is 16.8 Å². The van der Waals surface area contributed by atoms with Gasteiger partial charge in [0.05, 0.1) is 0 Å². The van der Waals surface area contributed by atoms with Crippen LogP contribution in [0.3, 0.4) is 0 Å². The first-order chi connectivity index (χ1) is 12.2. The Morgan fingerprint density at radius 1 is 0.880 bits per heavy atom. The molecule has 3 aromatic rings. The Kier molecular flexibility index (Phi) is 4.16. The standard InChI is InChI=1S/C22H21NO2/c24-19-13-18-10-11-23-20(22(18)21(25)14-19)12-15-6-8-17(9-7-15)16-4-2-1-3-5-16/h1-9,13-14,20,23-25H,10-12H2. The van der Waals surface area contributed by atoms with Crippen LogP contribution in [0, 0.1) is 0 Å². The van der Waals surface area contributed by atoms with Gasteiger partial charge in [-0.15, -0.1) is 0 Å². The fourth-order valence-corrected chi connectivity index (χ4v) is 3.65. The topological polar surface area (TPSA) is 52.5 Å². The molecule has 0 aromatic heterocycles. The molecule has 126 valence electrons. The van der Waals surface area contributed by atoms with Crippen LogP contribution in [-0.2, 0) is 12.8 Å². The smallest absolute Gasteiger partial charge is 0.124 e. The number of fused-ring (bicyclic) bond motifs is 1. The number of benzene rings is 3. The van der Waals surface area contributed by atoms with E-state index in [4.69, 9.17) is 0 Å². The highest BCUT2D eigenvalue weighted by Gasteiger charge is 2.24. The van der Waals surface area contributed by atoms with Crippen LogP contribution >= 0.6 is 0 Å². The minimum atomic E-state index is 0.0620. The Hall–Kier alpha value is -2.78. The molecular formula is C22H21NO2. The van der Waals surface area contributed by atoms with E-state index in [1.807, 2.05) is 18.2 Å². The van der Waals surface area contributed by atoms with E-state index in [2.05, 4.69) is 41.7 Å². The fourth-order valence-electron chi connectivity index (χ4n) is 3.65. The first kappa shape index (κ1) is 15.7. The quantitative estimate of drug-likeness (QED) is 0.674. The Morgan fingerprint density at radius 3 is 2.36 bits per heavy atom. The summed E-state index contributed by atoms with van der Waals surface area (Å²) in [7, 11) is 0. The van der Waals surface area contributed by atoms with E-state index >= 15 is 0 Å². The molecule has 3 heteroatoms. The van der Waals surface area contributed by atoms with Gasteiger partial charge < -0.3 is 15.5 Å². The Bertz CT molecular complexity index is 873. The molecule has 0 saturated carbocycles. The highest BCUT2D eigenvalue weighted by atomic mass is 16.3. The van der Waals surface area contributed by atoms with Crippen LogP contribution in [0.5, 0.6) is 11.5 Å². The van der Waals surface area contributed by atoms with Crippen molar-refractivity contribution < 1.29 is 10.2 Å². The van der Waals surface area contributed by atoms with Gasteiger partial charge in [-0.3, -0.25) is 0 Å². The van der Waals surface area contributed by atoms with E-state index < -0.39 is 0 Å². The van der Waals surface area contributed by atoms with Gasteiger partial charge in [0.2, 0.25) is 0 Å². The highest BCUT2D eigenvalue weighted by molar-refractivity contribution is 5.63. The minimum Gasteiger partial charge on any atom is -0.508 e. The van der Waals surface area contributed by atoms with Crippen molar-refractivity contribution in [2.75, 3.05) is 6.54 Å². The van der Waals surface area contributed by atoms with Crippen molar-refractivity contribution in [2.24, 2.45) is 0 Å². The Balaban J connectivity index is 1.58. The van der Waals surface area contributed by atoms with Crippen LogP contribution in [0.2, 0.25) is 0 Å². The molecule has 0 saturated heterocycles. The van der Waals surface area contributed by atoms with Crippen LogP contribution in [0.1, 0.15) is 22.7 Å². The number of aromatic hydroxyl groups is 2. The maximum Gasteiger partial charge on any atom is 0.124 e. The molecule has 1 atom stereocenters. The second-order valence-electron chi connectivity index (χ2n) is 6.56. The van der Waals surface area contributed by atoms with E-state index in [9.17, 15) is 10.2 Å². The molecule has 1 aliphatic heterocycles. The van der Waals surface area contributed by atoms with Crippen molar-refractivity contribution in [3.05, 3.63) is 83.4 Å². The van der Waals surface area contributed by atoms with Crippen molar-refractivity contribution in [1.29, 1.82) is 0 Å². The van der Waals surface area contributed by atoms with Gasteiger partial charge in [-0.25, -0.2) is 0 Å². The number of nitrogens with one attached hydrogen (secondary N) is 1. The third-order valence-electron chi connectivity index (χ3n) is 4.86. The third-order valence-corrected chi connectivity index (χ3v) is 4.86. The number of hydrogen-bond acceptors (Lipinski definition) is 3. The molecule has 0 amide bonds. The molecule has 1 aliphatic rings. The summed E-state index contributed by atoms with van der Waals surface area (Å²) in [5.74, 6) is 0.303. The first-order valence-electron chi connectivity index (χ1n) is 8.63. The molecule has 3 aromatic carbocycles. The van der Waals surface area contributed by atoms with Crippen LogP contribution in [0.25, 0.3) is 11.1 Å². The maximum absolute atomic E-state index is 10.3. The largest absolute Gasteiger partial charge is 0.508 e. The van der Waals surface area contributed by atoms with Crippen molar-refractivity contribution in [2.45, 2.75) is 18.9 Å². The van der Waals surface area contributed by atoms with Crippen molar-refractivity contribution in [3.63, 3.8) is 0 Å². The van der Waals surface area contributed by atoms with Gasteiger partial charge in [-0.1, -0.05) is 54.6 Å². The summed E-state index contributed by atoms with van der Waals surface area (Å²) in [6.45, 7) is 0.850. The Morgan fingerprint density at radius 2 is 1.60 bits per heavy atom. The van der Waals surface area contributed by atoms with Gasteiger partial charge in [-0.2, -0.15) is 0 Å². The lowest BCUT2D eigenvalue weighted by Crippen LogP contribution is -2.31. The molecule has 4 rings (SSSR count). The lowest BCUT2D eigenvalue weighted by Gasteiger charge is -2.28. The monoisotopic (exact) mass is 331 g/mol. The average Bonchev–Trinajstić information content (AvgIpc) is 2.63. The van der Waals surface area contributed by atoms with Gasteiger partial charge in [0, 0.05) is 17.7 Å². The van der Waals surface area contributed by atoms with Gasteiger partial charge in [-0.05, 0) is 47.7 Å².